The highest BCUT2D eigenvalue weighted by molar-refractivity contribution is 7.09. The molecule has 1 atom stereocenters. The molecule has 10 nitrogen and oxygen atoms in total. The molecule has 2 aromatic carbocycles. The number of hydrogen-bond donors (Lipinski definition) is 4. The Hall–Kier alpha value is -3.96. The fraction of sp³-hybridized carbons (Fsp3) is 0.250. The molecule has 0 saturated heterocycles. The summed E-state index contributed by atoms with van der Waals surface area (Å²) in [6.45, 7) is 2.50. The highest BCUT2D eigenvalue weighted by Crippen LogP contribution is 2.33. The van der Waals surface area contributed by atoms with Crippen LogP contribution in [-0.4, -0.2) is 47.5 Å². The monoisotopic (exact) mass is 497 g/mol. The van der Waals surface area contributed by atoms with Gasteiger partial charge in [0.1, 0.15) is 16.7 Å². The molecule has 0 radical (unpaired) electrons. The van der Waals surface area contributed by atoms with Gasteiger partial charge in [0.25, 0.3) is 11.8 Å². The molecule has 1 unspecified atom stereocenters. The fourth-order valence-electron chi connectivity index (χ4n) is 3.46. The van der Waals surface area contributed by atoms with Crippen molar-refractivity contribution in [1.29, 1.82) is 0 Å². The molecule has 0 saturated carbocycles. The van der Waals surface area contributed by atoms with Crippen LogP contribution in [0.1, 0.15) is 44.3 Å². The normalized spacial score (nSPS) is 11.6. The van der Waals surface area contributed by atoms with Crippen molar-refractivity contribution in [3.8, 4) is 5.75 Å². The van der Waals surface area contributed by atoms with Crippen molar-refractivity contribution < 1.29 is 24.2 Å². The predicted octanol–water partition coefficient (Wildman–Crippen LogP) is 2.24. The van der Waals surface area contributed by atoms with E-state index in [2.05, 4.69) is 9.69 Å². The Morgan fingerprint density at radius 3 is 2.34 bits per heavy atom. The Balaban J connectivity index is 2.17. The molecule has 3 amide bonds. The number of nitrogens with one attached hydrogen (secondary N) is 1. The standard InChI is InChI=1S/C24H27N5O5S/c1-3-14-4-8-16(9-5-14)29(24(33)21-18(25)19(22(26)31)28-35-21)20(23(32)27-12-13-34-2)15-6-10-17(30)11-7-15/h4-11,20,30H,3,12-13,25H2,1-2H3,(H2,26,31)(H,27,32). The zero-order chi connectivity index (χ0) is 25.5. The van der Waals surface area contributed by atoms with Gasteiger partial charge in [-0.2, -0.15) is 4.37 Å². The molecule has 3 aromatic rings. The lowest BCUT2D eigenvalue weighted by Crippen LogP contribution is -2.44. The molecule has 6 N–H and O–H groups in total. The Morgan fingerprint density at radius 1 is 1.14 bits per heavy atom. The molecule has 0 fully saturated rings. The van der Waals surface area contributed by atoms with Crippen LogP contribution in [0.2, 0.25) is 0 Å². The average Bonchev–Trinajstić information content (AvgIpc) is 3.24. The third-order valence-electron chi connectivity index (χ3n) is 5.32. The summed E-state index contributed by atoms with van der Waals surface area (Å²) >= 11 is 0.733. The minimum atomic E-state index is -1.13. The van der Waals surface area contributed by atoms with Gasteiger partial charge < -0.3 is 26.6 Å². The van der Waals surface area contributed by atoms with Crippen molar-refractivity contribution in [3.05, 3.63) is 70.2 Å². The first-order chi connectivity index (χ1) is 16.8. The number of methoxy groups -OCH3 is 1. The zero-order valence-corrected chi connectivity index (χ0v) is 20.2. The van der Waals surface area contributed by atoms with Crippen molar-refractivity contribution >= 4 is 40.6 Å². The first-order valence-corrected chi connectivity index (χ1v) is 11.6. The van der Waals surface area contributed by atoms with E-state index >= 15 is 0 Å². The van der Waals surface area contributed by atoms with Crippen LogP contribution in [0.4, 0.5) is 11.4 Å². The lowest BCUT2D eigenvalue weighted by molar-refractivity contribution is -0.122. The number of aromatic hydroxyl groups is 1. The van der Waals surface area contributed by atoms with E-state index in [1.54, 1.807) is 24.3 Å². The van der Waals surface area contributed by atoms with E-state index in [0.29, 0.717) is 11.3 Å². The van der Waals surface area contributed by atoms with E-state index in [-0.39, 0.29) is 35.2 Å². The van der Waals surface area contributed by atoms with E-state index in [1.807, 2.05) is 19.1 Å². The van der Waals surface area contributed by atoms with Crippen LogP contribution in [-0.2, 0) is 16.0 Å². The number of phenols is 1. The van der Waals surface area contributed by atoms with Crippen molar-refractivity contribution in [2.45, 2.75) is 19.4 Å². The van der Waals surface area contributed by atoms with Gasteiger partial charge in [0.2, 0.25) is 5.91 Å². The smallest absolute Gasteiger partial charge is 0.273 e. The number of phenolic OH excluding ortho intramolecular Hbond substituents is 1. The number of amides is 3. The second kappa shape index (κ2) is 11.4. The molecule has 35 heavy (non-hydrogen) atoms. The molecule has 0 aliphatic carbocycles. The van der Waals surface area contributed by atoms with E-state index < -0.39 is 23.8 Å². The maximum atomic E-state index is 13.9. The first-order valence-electron chi connectivity index (χ1n) is 10.8. The predicted molar refractivity (Wildman–Crippen MR) is 133 cm³/mol. The fourth-order valence-corrected chi connectivity index (χ4v) is 4.20. The summed E-state index contributed by atoms with van der Waals surface area (Å²) in [4.78, 5) is 40.3. The van der Waals surface area contributed by atoms with E-state index in [4.69, 9.17) is 16.2 Å². The Bertz CT molecular complexity index is 1190. The van der Waals surface area contributed by atoms with Gasteiger partial charge in [-0.1, -0.05) is 31.2 Å². The van der Waals surface area contributed by atoms with Crippen molar-refractivity contribution in [2.24, 2.45) is 5.73 Å². The molecule has 0 spiro atoms. The van der Waals surface area contributed by atoms with E-state index in [0.717, 1.165) is 23.5 Å². The second-order valence-electron chi connectivity index (χ2n) is 7.61. The van der Waals surface area contributed by atoms with Crippen LogP contribution >= 0.6 is 11.5 Å². The highest BCUT2D eigenvalue weighted by atomic mass is 32.1. The number of hydrogen-bond acceptors (Lipinski definition) is 8. The number of nitrogen functional groups attached to an aromatic ring is 1. The lowest BCUT2D eigenvalue weighted by Gasteiger charge is -2.31. The number of rotatable bonds is 10. The molecular formula is C24H27N5O5S. The molecule has 3 rings (SSSR count). The molecule has 184 valence electrons. The number of aromatic nitrogens is 1. The minimum absolute atomic E-state index is 0.00951. The second-order valence-corrected chi connectivity index (χ2v) is 8.38. The van der Waals surface area contributed by atoms with Crippen LogP contribution < -0.4 is 21.7 Å². The summed E-state index contributed by atoms with van der Waals surface area (Å²) in [7, 11) is 1.51. The third-order valence-corrected chi connectivity index (χ3v) is 6.17. The number of ether oxygens (including phenoxy) is 1. The van der Waals surface area contributed by atoms with Gasteiger partial charge in [-0.3, -0.25) is 19.3 Å². The lowest BCUT2D eigenvalue weighted by atomic mass is 10.0. The number of carbonyl (C=O) groups is 3. The summed E-state index contributed by atoms with van der Waals surface area (Å²) in [5.74, 6) is -1.95. The maximum absolute atomic E-state index is 13.9. The Morgan fingerprint density at radius 2 is 1.80 bits per heavy atom. The van der Waals surface area contributed by atoms with Gasteiger partial charge in [0, 0.05) is 19.3 Å². The molecule has 0 aliphatic rings. The largest absolute Gasteiger partial charge is 0.508 e. The topological polar surface area (TPSA) is 161 Å². The van der Waals surface area contributed by atoms with Gasteiger partial charge in [-0.15, -0.1) is 0 Å². The maximum Gasteiger partial charge on any atom is 0.273 e. The molecular weight excluding hydrogens is 470 g/mol. The number of carbonyl (C=O) groups excluding carboxylic acids is 3. The van der Waals surface area contributed by atoms with Crippen molar-refractivity contribution in [3.63, 3.8) is 0 Å². The molecule has 0 bridgehead atoms. The van der Waals surface area contributed by atoms with Crippen LogP contribution in [0, 0.1) is 0 Å². The first kappa shape index (κ1) is 25.7. The van der Waals surface area contributed by atoms with Crippen molar-refractivity contribution in [1.82, 2.24) is 9.69 Å². The Labute approximate surface area is 206 Å². The van der Waals surface area contributed by atoms with Gasteiger partial charge >= 0.3 is 0 Å². The minimum Gasteiger partial charge on any atom is -0.508 e. The average molecular weight is 498 g/mol. The summed E-state index contributed by atoms with van der Waals surface area (Å²) < 4.78 is 8.96. The number of anilines is 2. The number of primary amides is 1. The molecule has 1 heterocycles. The van der Waals surface area contributed by atoms with E-state index in [9.17, 15) is 19.5 Å². The summed E-state index contributed by atoms with van der Waals surface area (Å²) in [6, 6.07) is 12.0. The SMILES string of the molecule is CCc1ccc(N(C(=O)c2snc(C(N)=O)c2N)C(C(=O)NCCOC)c2ccc(O)cc2)cc1. The van der Waals surface area contributed by atoms with Crippen LogP contribution in [0.5, 0.6) is 5.75 Å². The van der Waals surface area contributed by atoms with Gasteiger partial charge in [-0.05, 0) is 53.3 Å². The molecule has 1 aromatic heterocycles. The number of aryl methyl sites for hydroxylation is 1. The van der Waals surface area contributed by atoms with Gasteiger partial charge in [-0.25, -0.2) is 0 Å². The zero-order valence-electron chi connectivity index (χ0n) is 19.4. The van der Waals surface area contributed by atoms with E-state index in [1.165, 1.54) is 24.1 Å². The molecule has 11 heteroatoms. The molecule has 0 aliphatic heterocycles. The summed E-state index contributed by atoms with van der Waals surface area (Å²) in [6.07, 6.45) is 0.789. The number of nitrogens with two attached hydrogens (primary N) is 2. The Kier molecular flexibility index (Phi) is 8.39. The van der Waals surface area contributed by atoms with Crippen molar-refractivity contribution in [2.75, 3.05) is 30.9 Å². The van der Waals surface area contributed by atoms with Gasteiger partial charge in [0.15, 0.2) is 5.69 Å². The number of benzene rings is 2. The van der Waals surface area contributed by atoms with Gasteiger partial charge in [0.05, 0.1) is 12.3 Å². The summed E-state index contributed by atoms with van der Waals surface area (Å²) in [5.41, 5.74) is 12.9. The summed E-state index contributed by atoms with van der Waals surface area (Å²) in [5, 5.41) is 12.6. The quantitative estimate of drug-likeness (QED) is 0.312. The van der Waals surface area contributed by atoms with Crippen LogP contribution in [0.15, 0.2) is 48.5 Å². The number of nitrogens with zero attached hydrogens (tertiary/aromatic N) is 2. The highest BCUT2D eigenvalue weighted by Gasteiger charge is 2.36. The third kappa shape index (κ3) is 5.76. The van der Waals surface area contributed by atoms with Crippen LogP contribution in [0.3, 0.4) is 0 Å². The van der Waals surface area contributed by atoms with Crippen LogP contribution in [0.25, 0.3) is 0 Å².